The van der Waals surface area contributed by atoms with E-state index < -0.39 is 0 Å². The van der Waals surface area contributed by atoms with Gasteiger partial charge in [-0.1, -0.05) is 42.0 Å². The molecule has 1 saturated carbocycles. The predicted octanol–water partition coefficient (Wildman–Crippen LogP) is 3.53. The van der Waals surface area contributed by atoms with Crippen LogP contribution in [0.4, 0.5) is 11.4 Å². The van der Waals surface area contributed by atoms with E-state index in [-0.39, 0.29) is 24.3 Å². The smallest absolute Gasteiger partial charge is 0.240 e. The number of carbonyl (C=O) groups is 2. The number of hydrogen-bond donors (Lipinski definition) is 1. The zero-order valence-electron chi connectivity index (χ0n) is 15.4. The number of para-hydroxylation sites is 2. The fourth-order valence-corrected chi connectivity index (χ4v) is 3.75. The maximum atomic E-state index is 13.1. The Morgan fingerprint density at radius 2 is 1.96 bits per heavy atom. The Bertz CT molecular complexity index is 902. The lowest BCUT2D eigenvalue weighted by atomic mass is 10.1. The highest BCUT2D eigenvalue weighted by Crippen LogP contribution is 2.37. The van der Waals surface area contributed by atoms with Crippen LogP contribution in [0.1, 0.15) is 30.4 Å². The Hall–Kier alpha value is -2.95. The Labute approximate surface area is 159 Å². The summed E-state index contributed by atoms with van der Waals surface area (Å²) in [6.45, 7) is 2.50. The lowest BCUT2D eigenvalue weighted by Gasteiger charge is -2.24. The van der Waals surface area contributed by atoms with Gasteiger partial charge in [-0.3, -0.25) is 14.6 Å². The quantitative estimate of drug-likeness (QED) is 0.905. The average Bonchev–Trinajstić information content (AvgIpc) is 3.10. The van der Waals surface area contributed by atoms with Crippen molar-refractivity contribution in [1.29, 1.82) is 0 Å². The molecule has 1 N–H and O–H groups in total. The second-order valence-corrected chi connectivity index (χ2v) is 7.22. The van der Waals surface area contributed by atoms with Gasteiger partial charge in [0.15, 0.2) is 0 Å². The highest BCUT2D eigenvalue weighted by atomic mass is 16.2. The molecule has 4 rings (SSSR count). The molecule has 1 fully saturated rings. The molecule has 1 heterocycles. The van der Waals surface area contributed by atoms with E-state index in [1.54, 1.807) is 4.90 Å². The monoisotopic (exact) mass is 361 g/mol. The van der Waals surface area contributed by atoms with Crippen LogP contribution in [0.5, 0.6) is 0 Å². The number of fused-ring (bicyclic) bond motifs is 2. The van der Waals surface area contributed by atoms with E-state index in [1.807, 2.05) is 55.5 Å². The summed E-state index contributed by atoms with van der Waals surface area (Å²) in [6.07, 6.45) is 2.65. The summed E-state index contributed by atoms with van der Waals surface area (Å²) >= 11 is 0. The van der Waals surface area contributed by atoms with E-state index in [4.69, 9.17) is 4.99 Å². The van der Waals surface area contributed by atoms with Crippen molar-refractivity contribution in [2.24, 2.45) is 10.9 Å². The topological polar surface area (TPSA) is 61.8 Å². The molecular formula is C22H23N3O2. The number of nitrogens with one attached hydrogen (secondary N) is 1. The molecule has 2 aromatic rings. The summed E-state index contributed by atoms with van der Waals surface area (Å²) < 4.78 is 0. The molecule has 138 valence electrons. The van der Waals surface area contributed by atoms with Crippen molar-refractivity contribution in [3.8, 4) is 0 Å². The number of hydrogen-bond acceptors (Lipinski definition) is 3. The van der Waals surface area contributed by atoms with E-state index in [1.165, 1.54) is 5.56 Å². The summed E-state index contributed by atoms with van der Waals surface area (Å²) in [6, 6.07) is 15.6. The summed E-state index contributed by atoms with van der Waals surface area (Å²) in [5.74, 6) is -0.371. The molecule has 27 heavy (non-hydrogen) atoms. The van der Waals surface area contributed by atoms with Crippen LogP contribution >= 0.6 is 0 Å². The van der Waals surface area contributed by atoms with Crippen molar-refractivity contribution in [3.63, 3.8) is 0 Å². The molecule has 5 nitrogen and oxygen atoms in total. The highest BCUT2D eigenvalue weighted by Gasteiger charge is 2.36. The normalized spacial score (nSPS) is 18.4. The third-order valence-corrected chi connectivity index (χ3v) is 5.24. The first-order valence-electron chi connectivity index (χ1n) is 9.42. The number of amides is 2. The van der Waals surface area contributed by atoms with E-state index in [0.29, 0.717) is 6.54 Å². The van der Waals surface area contributed by atoms with Crippen LogP contribution in [0.15, 0.2) is 53.5 Å². The van der Waals surface area contributed by atoms with Crippen LogP contribution < -0.4 is 10.2 Å². The van der Waals surface area contributed by atoms with Gasteiger partial charge in [0.25, 0.3) is 0 Å². The van der Waals surface area contributed by atoms with Gasteiger partial charge in [0.1, 0.15) is 6.54 Å². The van der Waals surface area contributed by atoms with Gasteiger partial charge in [-0.25, -0.2) is 0 Å². The minimum Gasteiger partial charge on any atom is -0.350 e. The molecule has 0 radical (unpaired) electrons. The Morgan fingerprint density at radius 1 is 1.19 bits per heavy atom. The van der Waals surface area contributed by atoms with Gasteiger partial charge in [-0.15, -0.1) is 0 Å². The predicted molar refractivity (Wildman–Crippen MR) is 106 cm³/mol. The zero-order chi connectivity index (χ0) is 18.8. The van der Waals surface area contributed by atoms with Crippen molar-refractivity contribution in [2.45, 2.75) is 32.7 Å². The van der Waals surface area contributed by atoms with Crippen LogP contribution in [-0.2, 0) is 16.1 Å². The summed E-state index contributed by atoms with van der Waals surface area (Å²) in [5, 5.41) is 2.93. The first-order valence-corrected chi connectivity index (χ1v) is 9.42. The van der Waals surface area contributed by atoms with Gasteiger partial charge in [0.2, 0.25) is 11.8 Å². The van der Waals surface area contributed by atoms with Crippen LogP contribution in [0.2, 0.25) is 0 Å². The SMILES string of the molecule is Cc1ccc(CNC(=O)CN2C(=O)[C@H]3CCCC3=Nc3ccccc32)cc1. The van der Waals surface area contributed by atoms with E-state index in [0.717, 1.165) is 41.9 Å². The average molecular weight is 361 g/mol. The highest BCUT2D eigenvalue weighted by molar-refractivity contribution is 6.16. The summed E-state index contributed by atoms with van der Waals surface area (Å²) in [5.41, 5.74) is 4.67. The van der Waals surface area contributed by atoms with E-state index >= 15 is 0 Å². The summed E-state index contributed by atoms with van der Waals surface area (Å²) in [7, 11) is 0. The molecular weight excluding hydrogens is 338 g/mol. The maximum Gasteiger partial charge on any atom is 0.240 e. The van der Waals surface area contributed by atoms with Gasteiger partial charge in [-0.2, -0.15) is 0 Å². The van der Waals surface area contributed by atoms with E-state index in [9.17, 15) is 9.59 Å². The van der Waals surface area contributed by atoms with Crippen molar-refractivity contribution < 1.29 is 9.59 Å². The van der Waals surface area contributed by atoms with Crippen LogP contribution in [0.25, 0.3) is 0 Å². The first kappa shape index (κ1) is 17.5. The molecule has 0 bridgehead atoms. The molecule has 5 heteroatoms. The second-order valence-electron chi connectivity index (χ2n) is 7.22. The number of benzene rings is 2. The van der Waals surface area contributed by atoms with Gasteiger partial charge < -0.3 is 10.2 Å². The van der Waals surface area contributed by atoms with Crippen LogP contribution in [0.3, 0.4) is 0 Å². The number of carbonyl (C=O) groups excluding carboxylic acids is 2. The van der Waals surface area contributed by atoms with Crippen molar-refractivity contribution in [3.05, 3.63) is 59.7 Å². The molecule has 0 aromatic heterocycles. The molecule has 0 spiro atoms. The number of aliphatic imine (C=N–C) groups is 1. The largest absolute Gasteiger partial charge is 0.350 e. The minimum absolute atomic E-state index is 0.0123. The Balaban J connectivity index is 1.51. The molecule has 0 saturated heterocycles. The number of aryl methyl sites for hydroxylation is 1. The second kappa shape index (κ2) is 7.35. The zero-order valence-corrected chi connectivity index (χ0v) is 15.4. The minimum atomic E-state index is -0.192. The number of rotatable bonds is 4. The lowest BCUT2D eigenvalue weighted by molar-refractivity contribution is -0.124. The molecule has 0 unspecified atom stereocenters. The molecule has 1 aliphatic heterocycles. The van der Waals surface area contributed by atoms with Gasteiger partial charge in [0.05, 0.1) is 17.3 Å². The first-order chi connectivity index (χ1) is 13.1. The molecule has 2 aromatic carbocycles. The van der Waals surface area contributed by atoms with Gasteiger partial charge in [0, 0.05) is 12.3 Å². The third kappa shape index (κ3) is 3.63. The van der Waals surface area contributed by atoms with Crippen molar-refractivity contribution in [1.82, 2.24) is 5.32 Å². The Kier molecular flexibility index (Phi) is 4.75. The Morgan fingerprint density at radius 3 is 2.78 bits per heavy atom. The van der Waals surface area contributed by atoms with Crippen molar-refractivity contribution in [2.75, 3.05) is 11.4 Å². The fraction of sp³-hybridized carbons (Fsp3) is 0.318. The molecule has 1 atom stereocenters. The van der Waals surface area contributed by atoms with Crippen molar-refractivity contribution >= 4 is 28.9 Å². The number of anilines is 1. The molecule has 2 aliphatic rings. The molecule has 2 amide bonds. The lowest BCUT2D eigenvalue weighted by Crippen LogP contribution is -2.43. The maximum absolute atomic E-state index is 13.1. The standard InChI is InChI=1S/C22H23N3O2/c1-15-9-11-16(12-10-15)13-23-21(26)14-25-20-8-3-2-6-19(20)24-18-7-4-5-17(18)22(25)27/h2-3,6,8-12,17H,4-5,7,13-14H2,1H3,(H,23,26)/t17-/m0/s1. The third-order valence-electron chi connectivity index (χ3n) is 5.24. The fourth-order valence-electron chi connectivity index (χ4n) is 3.75. The van der Waals surface area contributed by atoms with E-state index in [2.05, 4.69) is 5.32 Å². The van der Waals surface area contributed by atoms with Gasteiger partial charge in [-0.05, 0) is 43.9 Å². The van der Waals surface area contributed by atoms with Crippen LogP contribution in [0, 0.1) is 12.8 Å². The molecule has 1 aliphatic carbocycles. The summed E-state index contributed by atoms with van der Waals surface area (Å²) in [4.78, 5) is 32.0. The van der Waals surface area contributed by atoms with Gasteiger partial charge >= 0.3 is 0 Å². The van der Waals surface area contributed by atoms with Crippen LogP contribution in [-0.4, -0.2) is 24.1 Å². The number of nitrogens with zero attached hydrogens (tertiary/aromatic N) is 2.